The molecule has 0 saturated heterocycles. The third kappa shape index (κ3) is 12.3. The van der Waals surface area contributed by atoms with Crippen molar-refractivity contribution in [1.82, 2.24) is 0 Å². The maximum absolute atomic E-state index is 13.9. The predicted molar refractivity (Wildman–Crippen MR) is 297 cm³/mol. The molecule has 0 spiro atoms. The number of rotatable bonds is 11. The summed E-state index contributed by atoms with van der Waals surface area (Å²) in [5.41, 5.74) is 6.40. The third-order valence-corrected chi connectivity index (χ3v) is 11.9. The topological polar surface area (TPSA) is 105 Å². The lowest BCUT2D eigenvalue weighted by Gasteiger charge is -2.18. The Morgan fingerprint density at radius 1 is 0.329 bits per heavy atom. The van der Waals surface area contributed by atoms with Crippen molar-refractivity contribution in [2.75, 3.05) is 0 Å². The van der Waals surface area contributed by atoms with Crippen LogP contribution in [-0.4, -0.2) is 23.9 Å². The summed E-state index contributed by atoms with van der Waals surface area (Å²) in [5.74, 6) is 11.8. The Kier molecular flexibility index (Phi) is 14.9. The van der Waals surface area contributed by atoms with Gasteiger partial charge < -0.3 is 18.9 Å². The molecule has 0 atom stereocenters. The molecule has 0 radical (unpaired) electrons. The van der Waals surface area contributed by atoms with Gasteiger partial charge in [-0.25, -0.2) is 19.2 Å². The highest BCUT2D eigenvalue weighted by atomic mass is 16.5. The molecule has 0 aliphatic rings. The highest BCUT2D eigenvalue weighted by Gasteiger charge is 2.22. The molecule has 0 aliphatic heterocycles. The molecule has 10 rings (SSSR count). The van der Waals surface area contributed by atoms with Gasteiger partial charge >= 0.3 is 23.9 Å². The van der Waals surface area contributed by atoms with Gasteiger partial charge in [-0.05, 0) is 154 Å². The number of fused-ring (bicyclic) bond motifs is 2. The molecule has 0 fully saturated rings. The maximum Gasteiger partial charge on any atom is 0.343 e. The largest absolute Gasteiger partial charge is 0.423 e. The summed E-state index contributed by atoms with van der Waals surface area (Å²) < 4.78 is 23.6. The molecule has 8 nitrogen and oxygen atoms in total. The highest BCUT2D eigenvalue weighted by Crippen LogP contribution is 2.46. The van der Waals surface area contributed by atoms with Gasteiger partial charge in [-0.2, -0.15) is 0 Å². The SMILES string of the molecule is O=C(/C=C/c1ccc(OC(=O)c2ccccc2)cc1)Oc1ccc2cc(C#Cc3ccccc3)ccc2c1-c1c(OC(=O)/C=C/c2ccc(OC(=O)c3ccccc3)cc2)ccc2cc(C#Cc3ccccc3)ccc12. The molecule has 10 aromatic carbocycles. The van der Waals surface area contributed by atoms with E-state index in [4.69, 9.17) is 18.9 Å². The van der Waals surface area contributed by atoms with Crippen LogP contribution in [0.15, 0.2) is 243 Å². The van der Waals surface area contributed by atoms with Crippen molar-refractivity contribution >= 4 is 57.6 Å². The van der Waals surface area contributed by atoms with Crippen LogP contribution in [0.1, 0.15) is 54.1 Å². The van der Waals surface area contributed by atoms with E-state index >= 15 is 0 Å². The summed E-state index contributed by atoms with van der Waals surface area (Å²) in [5, 5.41) is 2.97. The molecule has 0 heterocycles. The third-order valence-electron chi connectivity index (χ3n) is 11.9. The van der Waals surface area contributed by atoms with E-state index in [1.54, 1.807) is 121 Å². The molecule has 0 aliphatic carbocycles. The Morgan fingerprint density at radius 3 is 1.07 bits per heavy atom. The summed E-state index contributed by atoms with van der Waals surface area (Å²) in [4.78, 5) is 53.1. The average molecular weight is 987 g/mol. The fourth-order valence-corrected chi connectivity index (χ4v) is 8.18. The summed E-state index contributed by atoms with van der Waals surface area (Å²) in [6.07, 6.45) is 5.83. The Labute approximate surface area is 438 Å². The second-order valence-corrected chi connectivity index (χ2v) is 17.1. The Bertz CT molecular complexity index is 3710. The van der Waals surface area contributed by atoms with E-state index < -0.39 is 23.9 Å². The minimum Gasteiger partial charge on any atom is -0.423 e. The van der Waals surface area contributed by atoms with Gasteiger partial charge in [0.25, 0.3) is 0 Å². The molecule has 0 N–H and O–H groups in total. The number of carbonyl (C=O) groups is 4. The van der Waals surface area contributed by atoms with E-state index in [0.29, 0.717) is 55.7 Å². The standard InChI is InChI=1S/C68H42O8/c69-63(43-31-49-25-35-57(36-26-49)73-67(71)53-17-9-3-10-18-53)75-61-41-33-55-45-51(23-21-47-13-5-1-6-14-47)29-39-59(55)65(61)66-60-40-30-52(24-22-48-15-7-2-8-16-48)46-56(60)34-42-62(66)76-64(70)44-32-50-27-37-58(38-28-50)74-68(72)54-19-11-4-12-20-54/h1-20,25-46H/b43-31+,44-32+. The zero-order valence-electron chi connectivity index (χ0n) is 40.5. The maximum atomic E-state index is 13.9. The molecule has 362 valence electrons. The molecular formula is C68H42O8. The minimum atomic E-state index is -0.674. The van der Waals surface area contributed by atoms with Gasteiger partial charge in [0, 0.05) is 45.5 Å². The van der Waals surface area contributed by atoms with Gasteiger partial charge in [-0.15, -0.1) is 0 Å². The van der Waals surface area contributed by atoms with Crippen LogP contribution in [0.5, 0.6) is 23.0 Å². The number of hydrogen-bond acceptors (Lipinski definition) is 8. The molecule has 0 aromatic heterocycles. The molecule has 0 bridgehead atoms. The number of carbonyl (C=O) groups excluding carboxylic acids is 4. The molecule has 0 unspecified atom stereocenters. The first-order valence-corrected chi connectivity index (χ1v) is 24.1. The van der Waals surface area contributed by atoms with Crippen LogP contribution in [0.25, 0.3) is 44.8 Å². The van der Waals surface area contributed by atoms with Crippen molar-refractivity contribution in [3.63, 3.8) is 0 Å². The van der Waals surface area contributed by atoms with Gasteiger partial charge in [0.15, 0.2) is 0 Å². The Balaban J connectivity index is 1.01. The molecule has 76 heavy (non-hydrogen) atoms. The van der Waals surface area contributed by atoms with E-state index in [-0.39, 0.29) is 11.5 Å². The van der Waals surface area contributed by atoms with Crippen LogP contribution in [0, 0.1) is 23.7 Å². The Morgan fingerprint density at radius 2 is 0.684 bits per heavy atom. The summed E-state index contributed by atoms with van der Waals surface area (Å²) in [6, 6.07) is 69.0. The van der Waals surface area contributed by atoms with Crippen molar-refractivity contribution in [2.24, 2.45) is 0 Å². The van der Waals surface area contributed by atoms with Crippen LogP contribution in [-0.2, 0) is 9.59 Å². The van der Waals surface area contributed by atoms with Crippen molar-refractivity contribution in [3.05, 3.63) is 287 Å². The zero-order valence-corrected chi connectivity index (χ0v) is 40.5. The van der Waals surface area contributed by atoms with Crippen LogP contribution in [0.3, 0.4) is 0 Å². The minimum absolute atomic E-state index is 0.204. The zero-order chi connectivity index (χ0) is 52.1. The average Bonchev–Trinajstić information content (AvgIpc) is 3.50. The second-order valence-electron chi connectivity index (χ2n) is 17.1. The summed E-state index contributed by atoms with van der Waals surface area (Å²) in [6.45, 7) is 0. The van der Waals surface area contributed by atoms with Gasteiger partial charge in [0.2, 0.25) is 0 Å². The fourth-order valence-electron chi connectivity index (χ4n) is 8.18. The lowest BCUT2D eigenvalue weighted by molar-refractivity contribution is -0.129. The lowest BCUT2D eigenvalue weighted by Crippen LogP contribution is -2.08. The van der Waals surface area contributed by atoms with E-state index in [1.807, 2.05) is 121 Å². The highest BCUT2D eigenvalue weighted by molar-refractivity contribution is 6.11. The Hall–Kier alpha value is -10.8. The molecular weight excluding hydrogens is 945 g/mol. The quantitative estimate of drug-likeness (QED) is 0.0546. The first-order valence-electron chi connectivity index (χ1n) is 24.1. The molecule has 8 heteroatoms. The van der Waals surface area contributed by atoms with Crippen LogP contribution in [0.2, 0.25) is 0 Å². The van der Waals surface area contributed by atoms with Crippen molar-refractivity contribution in [3.8, 4) is 57.8 Å². The fraction of sp³-hybridized carbons (Fsp3) is 0. The van der Waals surface area contributed by atoms with E-state index in [0.717, 1.165) is 33.0 Å². The van der Waals surface area contributed by atoms with Crippen LogP contribution < -0.4 is 18.9 Å². The number of ether oxygens (including phenoxy) is 4. The van der Waals surface area contributed by atoms with Gasteiger partial charge in [0.05, 0.1) is 11.1 Å². The monoisotopic (exact) mass is 986 g/mol. The van der Waals surface area contributed by atoms with Crippen molar-refractivity contribution in [1.29, 1.82) is 0 Å². The molecule has 0 saturated carbocycles. The van der Waals surface area contributed by atoms with Gasteiger partial charge in [0.1, 0.15) is 23.0 Å². The van der Waals surface area contributed by atoms with E-state index in [1.165, 1.54) is 12.2 Å². The first kappa shape index (κ1) is 48.8. The normalized spacial score (nSPS) is 10.8. The second kappa shape index (κ2) is 23.2. The van der Waals surface area contributed by atoms with Crippen LogP contribution >= 0.6 is 0 Å². The number of esters is 4. The van der Waals surface area contributed by atoms with Gasteiger partial charge in [-0.1, -0.05) is 145 Å². The summed E-state index contributed by atoms with van der Waals surface area (Å²) in [7, 11) is 0. The predicted octanol–water partition coefficient (Wildman–Crippen LogP) is 14.1. The number of benzene rings is 10. The van der Waals surface area contributed by atoms with E-state index in [2.05, 4.69) is 23.7 Å². The first-order chi connectivity index (χ1) is 37.3. The number of hydrogen-bond donors (Lipinski definition) is 0. The smallest absolute Gasteiger partial charge is 0.343 e. The van der Waals surface area contributed by atoms with E-state index in [9.17, 15) is 19.2 Å². The van der Waals surface area contributed by atoms with Crippen molar-refractivity contribution < 1.29 is 38.1 Å². The van der Waals surface area contributed by atoms with Crippen molar-refractivity contribution in [2.45, 2.75) is 0 Å². The molecule has 10 aromatic rings. The summed E-state index contributed by atoms with van der Waals surface area (Å²) >= 11 is 0. The van der Waals surface area contributed by atoms with Crippen LogP contribution in [0.4, 0.5) is 0 Å². The van der Waals surface area contributed by atoms with Gasteiger partial charge in [-0.3, -0.25) is 0 Å². The lowest BCUT2D eigenvalue weighted by atomic mass is 9.91. The molecule has 0 amide bonds.